The Labute approximate surface area is 130 Å². The highest BCUT2D eigenvalue weighted by Gasteiger charge is 2.36. The average molecular weight is 302 g/mol. The molecule has 0 spiro atoms. The van der Waals surface area contributed by atoms with Crippen LogP contribution in [0.3, 0.4) is 0 Å². The highest BCUT2D eigenvalue weighted by molar-refractivity contribution is 5.94. The maximum absolute atomic E-state index is 12.1. The second-order valence-electron chi connectivity index (χ2n) is 6.25. The van der Waals surface area contributed by atoms with E-state index < -0.39 is 0 Å². The van der Waals surface area contributed by atoms with Gasteiger partial charge in [0.1, 0.15) is 5.69 Å². The quantitative estimate of drug-likeness (QED) is 0.908. The van der Waals surface area contributed by atoms with Gasteiger partial charge in [0.25, 0.3) is 5.91 Å². The lowest BCUT2D eigenvalue weighted by Crippen LogP contribution is -2.56. The smallest absolute Gasteiger partial charge is 0.274 e. The largest absolute Gasteiger partial charge is 0.355 e. The van der Waals surface area contributed by atoms with E-state index >= 15 is 0 Å². The first-order chi connectivity index (χ1) is 10.7. The number of rotatable bonds is 4. The number of carbonyl (C=O) groups is 2. The molecule has 0 atom stereocenters. The zero-order valence-electron chi connectivity index (χ0n) is 12.7. The normalized spacial score (nSPS) is 19.5. The number of amides is 2. The van der Waals surface area contributed by atoms with Crippen molar-refractivity contribution >= 4 is 11.8 Å². The SMILES string of the molecule is O=C(NCC1CCCCC1)C1CN(C(=O)c2cnccn2)C1. The second kappa shape index (κ2) is 6.85. The van der Waals surface area contributed by atoms with Crippen molar-refractivity contribution in [3.05, 3.63) is 24.3 Å². The Morgan fingerprint density at radius 1 is 1.18 bits per heavy atom. The molecule has 0 bridgehead atoms. The number of hydrogen-bond donors (Lipinski definition) is 1. The van der Waals surface area contributed by atoms with Crippen LogP contribution in [0.5, 0.6) is 0 Å². The fraction of sp³-hybridized carbons (Fsp3) is 0.625. The summed E-state index contributed by atoms with van der Waals surface area (Å²) in [6.45, 7) is 1.74. The Kier molecular flexibility index (Phi) is 4.65. The van der Waals surface area contributed by atoms with E-state index in [-0.39, 0.29) is 17.7 Å². The van der Waals surface area contributed by atoms with Gasteiger partial charge in [-0.1, -0.05) is 19.3 Å². The summed E-state index contributed by atoms with van der Waals surface area (Å²) in [6.07, 6.45) is 10.8. The van der Waals surface area contributed by atoms with E-state index in [0.29, 0.717) is 24.7 Å². The molecule has 0 aromatic carbocycles. The molecule has 1 saturated carbocycles. The average Bonchev–Trinajstić information content (AvgIpc) is 2.53. The Morgan fingerprint density at radius 3 is 2.64 bits per heavy atom. The summed E-state index contributed by atoms with van der Waals surface area (Å²) in [6, 6.07) is 0. The first-order valence-corrected chi connectivity index (χ1v) is 8.07. The number of carbonyl (C=O) groups excluding carboxylic acids is 2. The van der Waals surface area contributed by atoms with Crippen LogP contribution in [-0.4, -0.2) is 46.3 Å². The number of likely N-dealkylation sites (tertiary alicyclic amines) is 1. The van der Waals surface area contributed by atoms with E-state index in [0.717, 1.165) is 6.54 Å². The van der Waals surface area contributed by atoms with Gasteiger partial charge in [0.15, 0.2) is 0 Å². The van der Waals surface area contributed by atoms with Crippen LogP contribution in [-0.2, 0) is 4.79 Å². The molecule has 3 rings (SSSR count). The van der Waals surface area contributed by atoms with Gasteiger partial charge in [0.05, 0.1) is 12.1 Å². The van der Waals surface area contributed by atoms with Crippen molar-refractivity contribution in [1.29, 1.82) is 0 Å². The molecule has 6 nitrogen and oxygen atoms in total. The van der Waals surface area contributed by atoms with E-state index in [1.165, 1.54) is 50.7 Å². The van der Waals surface area contributed by atoms with Crippen molar-refractivity contribution < 1.29 is 9.59 Å². The summed E-state index contributed by atoms with van der Waals surface area (Å²) in [5, 5.41) is 3.05. The highest BCUT2D eigenvalue weighted by atomic mass is 16.2. The fourth-order valence-electron chi connectivity index (χ4n) is 3.16. The third-order valence-electron chi connectivity index (χ3n) is 4.61. The number of aromatic nitrogens is 2. The van der Waals surface area contributed by atoms with Crippen LogP contribution in [0.15, 0.2) is 18.6 Å². The molecule has 1 aromatic rings. The van der Waals surface area contributed by atoms with Gasteiger partial charge >= 0.3 is 0 Å². The Morgan fingerprint density at radius 2 is 1.95 bits per heavy atom. The van der Waals surface area contributed by atoms with Gasteiger partial charge in [0.2, 0.25) is 5.91 Å². The summed E-state index contributed by atoms with van der Waals surface area (Å²) < 4.78 is 0. The molecule has 6 heteroatoms. The predicted octanol–water partition coefficient (Wildman–Crippen LogP) is 1.25. The lowest BCUT2D eigenvalue weighted by Gasteiger charge is -2.38. The molecule has 1 aliphatic heterocycles. The molecule has 0 unspecified atom stereocenters. The summed E-state index contributed by atoms with van der Waals surface area (Å²) >= 11 is 0. The molecule has 1 aliphatic carbocycles. The second-order valence-corrected chi connectivity index (χ2v) is 6.25. The van der Waals surface area contributed by atoms with Crippen LogP contribution in [0, 0.1) is 11.8 Å². The minimum absolute atomic E-state index is 0.0776. The molecular formula is C16H22N4O2. The van der Waals surface area contributed by atoms with E-state index in [1.807, 2.05) is 0 Å². The third-order valence-corrected chi connectivity index (χ3v) is 4.61. The monoisotopic (exact) mass is 302 g/mol. The first-order valence-electron chi connectivity index (χ1n) is 8.07. The lowest BCUT2D eigenvalue weighted by atomic mass is 9.89. The van der Waals surface area contributed by atoms with Crippen molar-refractivity contribution in [2.24, 2.45) is 11.8 Å². The van der Waals surface area contributed by atoms with E-state index in [9.17, 15) is 9.59 Å². The zero-order valence-corrected chi connectivity index (χ0v) is 12.7. The van der Waals surface area contributed by atoms with Crippen molar-refractivity contribution in [3.8, 4) is 0 Å². The number of nitrogens with zero attached hydrogens (tertiary/aromatic N) is 3. The molecule has 118 valence electrons. The topological polar surface area (TPSA) is 75.2 Å². The molecule has 2 heterocycles. The Bertz CT molecular complexity index is 522. The van der Waals surface area contributed by atoms with Crippen LogP contribution in [0.1, 0.15) is 42.6 Å². The molecule has 2 fully saturated rings. The van der Waals surface area contributed by atoms with Crippen LogP contribution < -0.4 is 5.32 Å². The molecule has 2 amide bonds. The van der Waals surface area contributed by atoms with E-state index in [2.05, 4.69) is 15.3 Å². The van der Waals surface area contributed by atoms with Gasteiger partial charge in [-0.2, -0.15) is 0 Å². The van der Waals surface area contributed by atoms with E-state index in [4.69, 9.17) is 0 Å². The Hall–Kier alpha value is -1.98. The first kappa shape index (κ1) is 14.9. The molecule has 1 N–H and O–H groups in total. The molecule has 0 radical (unpaired) electrons. The third kappa shape index (κ3) is 3.43. The molecule has 22 heavy (non-hydrogen) atoms. The van der Waals surface area contributed by atoms with Crippen LogP contribution in [0.2, 0.25) is 0 Å². The summed E-state index contributed by atoms with van der Waals surface area (Å²) in [5.74, 6) is 0.484. The van der Waals surface area contributed by atoms with Gasteiger partial charge in [-0.25, -0.2) is 4.98 Å². The minimum Gasteiger partial charge on any atom is -0.355 e. The number of nitrogens with one attached hydrogen (secondary N) is 1. The lowest BCUT2D eigenvalue weighted by molar-refractivity contribution is -0.129. The van der Waals surface area contributed by atoms with E-state index in [1.54, 1.807) is 4.90 Å². The van der Waals surface area contributed by atoms with Gasteiger partial charge in [-0.3, -0.25) is 14.6 Å². The van der Waals surface area contributed by atoms with Gasteiger partial charge in [-0.15, -0.1) is 0 Å². The van der Waals surface area contributed by atoms with Crippen LogP contribution >= 0.6 is 0 Å². The van der Waals surface area contributed by atoms with Crippen molar-refractivity contribution in [1.82, 2.24) is 20.2 Å². The maximum atomic E-state index is 12.1. The van der Waals surface area contributed by atoms with Gasteiger partial charge in [-0.05, 0) is 18.8 Å². The Balaban J connectivity index is 1.41. The molecule has 2 aliphatic rings. The predicted molar refractivity (Wildman–Crippen MR) is 81.0 cm³/mol. The standard InChI is InChI=1S/C16H22N4O2/c21-15(19-8-12-4-2-1-3-5-12)13-10-20(11-13)16(22)14-9-17-6-7-18-14/h6-7,9,12-13H,1-5,8,10-11H2,(H,19,21). The van der Waals surface area contributed by atoms with Crippen molar-refractivity contribution in [2.45, 2.75) is 32.1 Å². The minimum atomic E-state index is -0.149. The molecule has 1 aromatic heterocycles. The fourth-order valence-corrected chi connectivity index (χ4v) is 3.16. The van der Waals surface area contributed by atoms with Crippen LogP contribution in [0.4, 0.5) is 0 Å². The van der Waals surface area contributed by atoms with Gasteiger partial charge < -0.3 is 10.2 Å². The van der Waals surface area contributed by atoms with Crippen molar-refractivity contribution in [2.75, 3.05) is 19.6 Å². The van der Waals surface area contributed by atoms with Crippen molar-refractivity contribution in [3.63, 3.8) is 0 Å². The maximum Gasteiger partial charge on any atom is 0.274 e. The van der Waals surface area contributed by atoms with Gasteiger partial charge in [0, 0.05) is 32.0 Å². The van der Waals surface area contributed by atoms with Crippen LogP contribution in [0.25, 0.3) is 0 Å². The summed E-state index contributed by atoms with van der Waals surface area (Å²) in [5.41, 5.74) is 0.337. The summed E-state index contributed by atoms with van der Waals surface area (Å²) in [4.78, 5) is 33.7. The number of hydrogen-bond acceptors (Lipinski definition) is 4. The molecule has 1 saturated heterocycles. The molecular weight excluding hydrogens is 280 g/mol. The summed E-state index contributed by atoms with van der Waals surface area (Å²) in [7, 11) is 0. The zero-order chi connectivity index (χ0) is 15.4. The highest BCUT2D eigenvalue weighted by Crippen LogP contribution is 2.23.